The molecule has 0 atom stereocenters. The zero-order chi connectivity index (χ0) is 16.6. The van der Waals surface area contributed by atoms with Crippen molar-refractivity contribution in [3.05, 3.63) is 52.9 Å². The summed E-state index contributed by atoms with van der Waals surface area (Å²) in [6.45, 7) is 7.46. The lowest BCUT2D eigenvalue weighted by molar-refractivity contribution is 0.0717. The van der Waals surface area contributed by atoms with Crippen molar-refractivity contribution in [3.8, 4) is 11.7 Å². The van der Waals surface area contributed by atoms with Crippen LogP contribution < -0.4 is 4.74 Å². The molecule has 0 radical (unpaired) electrons. The summed E-state index contributed by atoms with van der Waals surface area (Å²) in [4.78, 5) is 23.9. The van der Waals surface area contributed by atoms with Gasteiger partial charge in [-0.1, -0.05) is 0 Å². The largest absolute Gasteiger partial charge is 0.403 e. The molecule has 118 valence electrons. The molecule has 0 fully saturated rings. The van der Waals surface area contributed by atoms with Gasteiger partial charge >= 0.3 is 5.97 Å². The van der Waals surface area contributed by atoms with E-state index in [0.29, 0.717) is 23.1 Å². The number of nitrogens with zero attached hydrogens (tertiary/aromatic N) is 4. The van der Waals surface area contributed by atoms with Crippen LogP contribution in [-0.2, 0) is 0 Å². The molecule has 3 rings (SSSR count). The Balaban J connectivity index is 2.01. The van der Waals surface area contributed by atoms with Gasteiger partial charge < -0.3 is 9.72 Å². The topological polar surface area (TPSA) is 85.7 Å². The average Bonchev–Trinajstić information content (AvgIpc) is 3.13. The molecule has 0 aliphatic heterocycles. The minimum atomic E-state index is -0.481. The molecule has 7 heteroatoms. The normalized spacial score (nSPS) is 10.8. The molecule has 3 aromatic heterocycles. The van der Waals surface area contributed by atoms with Crippen LogP contribution in [0.1, 0.15) is 33.3 Å². The van der Waals surface area contributed by atoms with Crippen LogP contribution in [-0.4, -0.2) is 30.7 Å². The summed E-state index contributed by atoms with van der Waals surface area (Å²) in [5.74, 6) is 0.379. The smallest absolute Gasteiger partial charge is 0.361 e. The molecule has 0 amide bonds. The molecule has 0 unspecified atom stereocenters. The zero-order valence-electron chi connectivity index (χ0n) is 13.4. The highest BCUT2D eigenvalue weighted by molar-refractivity contribution is 5.88. The molecular weight excluding hydrogens is 294 g/mol. The van der Waals surface area contributed by atoms with Crippen LogP contribution in [0.5, 0.6) is 5.88 Å². The number of carbonyl (C=O) groups excluding carboxylic acids is 1. The summed E-state index contributed by atoms with van der Waals surface area (Å²) in [6.07, 6.45) is 1.66. The number of esters is 1. The van der Waals surface area contributed by atoms with Gasteiger partial charge in [-0.05, 0) is 39.8 Å². The van der Waals surface area contributed by atoms with E-state index in [2.05, 4.69) is 20.1 Å². The molecule has 0 aliphatic carbocycles. The van der Waals surface area contributed by atoms with Gasteiger partial charge in [0.25, 0.3) is 0 Å². The monoisotopic (exact) mass is 311 g/mol. The average molecular weight is 311 g/mol. The molecule has 3 aromatic rings. The molecule has 0 bridgehead atoms. The summed E-state index contributed by atoms with van der Waals surface area (Å²) in [7, 11) is 0. The third-order valence-electron chi connectivity index (χ3n) is 3.47. The molecule has 1 N–H and O–H groups in total. The van der Waals surface area contributed by atoms with Crippen molar-refractivity contribution >= 4 is 5.97 Å². The second-order valence-corrected chi connectivity index (χ2v) is 5.31. The summed E-state index contributed by atoms with van der Waals surface area (Å²) < 4.78 is 6.96. The van der Waals surface area contributed by atoms with Gasteiger partial charge in [-0.25, -0.2) is 9.78 Å². The van der Waals surface area contributed by atoms with E-state index in [-0.39, 0.29) is 0 Å². The Morgan fingerprint density at radius 3 is 2.57 bits per heavy atom. The van der Waals surface area contributed by atoms with Crippen molar-refractivity contribution < 1.29 is 9.53 Å². The minimum absolute atomic E-state index is 0.308. The number of hydrogen-bond acceptors (Lipinski definition) is 5. The van der Waals surface area contributed by atoms with Crippen LogP contribution >= 0.6 is 0 Å². The Labute approximate surface area is 133 Å². The van der Waals surface area contributed by atoms with Crippen molar-refractivity contribution in [2.45, 2.75) is 27.7 Å². The predicted octanol–water partition coefficient (Wildman–Crippen LogP) is 2.44. The number of H-pyrrole nitrogens is 1. The van der Waals surface area contributed by atoms with E-state index < -0.39 is 5.97 Å². The van der Waals surface area contributed by atoms with Gasteiger partial charge in [-0.15, -0.1) is 0 Å². The van der Waals surface area contributed by atoms with Gasteiger partial charge in [0, 0.05) is 12.3 Å². The molecular formula is C16H17N5O2. The summed E-state index contributed by atoms with van der Waals surface area (Å²) in [6, 6.07) is 5.08. The second-order valence-electron chi connectivity index (χ2n) is 5.31. The summed E-state index contributed by atoms with van der Waals surface area (Å²) in [5, 5.41) is 4.37. The van der Waals surface area contributed by atoms with Crippen LogP contribution in [0, 0.1) is 27.7 Å². The molecule has 0 saturated carbocycles. The van der Waals surface area contributed by atoms with Crippen molar-refractivity contribution in [2.75, 3.05) is 0 Å². The van der Waals surface area contributed by atoms with Crippen LogP contribution in [0.4, 0.5) is 0 Å². The quantitative estimate of drug-likeness (QED) is 0.751. The number of aromatic amines is 1. The lowest BCUT2D eigenvalue weighted by Crippen LogP contribution is -2.14. The number of ether oxygens (including phenoxy) is 1. The maximum Gasteiger partial charge on any atom is 0.361 e. The van der Waals surface area contributed by atoms with Crippen LogP contribution in [0.3, 0.4) is 0 Å². The number of nitrogens with one attached hydrogen (secondary N) is 1. The van der Waals surface area contributed by atoms with Gasteiger partial charge in [-0.2, -0.15) is 9.78 Å². The number of rotatable bonds is 3. The molecule has 0 spiro atoms. The van der Waals surface area contributed by atoms with E-state index in [1.807, 2.05) is 27.7 Å². The van der Waals surface area contributed by atoms with E-state index in [9.17, 15) is 4.79 Å². The van der Waals surface area contributed by atoms with Gasteiger partial charge in [0.1, 0.15) is 5.69 Å². The lowest BCUT2D eigenvalue weighted by Gasteiger charge is -2.10. The lowest BCUT2D eigenvalue weighted by atomic mass is 10.3. The fraction of sp³-hybridized carbons (Fsp3) is 0.250. The first-order valence-electron chi connectivity index (χ1n) is 7.20. The first kappa shape index (κ1) is 15.0. The number of hydrogen-bond donors (Lipinski definition) is 1. The molecule has 3 heterocycles. The first-order chi connectivity index (χ1) is 11.0. The highest BCUT2D eigenvalue weighted by Gasteiger charge is 2.18. The van der Waals surface area contributed by atoms with E-state index >= 15 is 0 Å². The highest BCUT2D eigenvalue weighted by atomic mass is 16.5. The fourth-order valence-electron chi connectivity index (χ4n) is 2.21. The second kappa shape index (κ2) is 5.68. The van der Waals surface area contributed by atoms with E-state index in [1.54, 1.807) is 24.4 Å². The molecule has 7 nitrogen and oxygen atoms in total. The van der Waals surface area contributed by atoms with Gasteiger partial charge in [-0.3, -0.25) is 4.98 Å². The predicted molar refractivity (Wildman–Crippen MR) is 83.9 cm³/mol. The van der Waals surface area contributed by atoms with Crippen LogP contribution in [0.15, 0.2) is 24.4 Å². The van der Waals surface area contributed by atoms with E-state index in [0.717, 1.165) is 17.1 Å². The maximum absolute atomic E-state index is 12.1. The van der Waals surface area contributed by atoms with Gasteiger partial charge in [0.05, 0.1) is 22.8 Å². The maximum atomic E-state index is 12.1. The molecule has 0 aromatic carbocycles. The fourth-order valence-corrected chi connectivity index (χ4v) is 2.21. The Morgan fingerprint density at radius 1 is 1.13 bits per heavy atom. The van der Waals surface area contributed by atoms with Crippen LogP contribution in [0.2, 0.25) is 0 Å². The molecule has 0 aliphatic rings. The third-order valence-corrected chi connectivity index (χ3v) is 3.47. The SMILES string of the molecule is Cc1cc(OC(=O)c2ccc[nH]2)n(-c2nc(C)c(C)nc2C)n1. The van der Waals surface area contributed by atoms with Gasteiger partial charge in [0.15, 0.2) is 5.82 Å². The Kier molecular flexibility index (Phi) is 3.69. The Bertz CT molecular complexity index is 865. The van der Waals surface area contributed by atoms with Crippen molar-refractivity contribution in [1.29, 1.82) is 0 Å². The standard InChI is InChI=1S/C16H17N5O2/c1-9-8-14(23-16(22)13-6-5-7-17-13)21(20-9)15-12(4)18-10(2)11(3)19-15/h5-8,17H,1-4H3. The Morgan fingerprint density at radius 2 is 1.87 bits per heavy atom. The third kappa shape index (κ3) is 2.85. The molecule has 0 saturated heterocycles. The van der Waals surface area contributed by atoms with Gasteiger partial charge in [0.2, 0.25) is 5.88 Å². The van der Waals surface area contributed by atoms with Crippen LogP contribution in [0.25, 0.3) is 5.82 Å². The molecule has 23 heavy (non-hydrogen) atoms. The van der Waals surface area contributed by atoms with Crippen molar-refractivity contribution in [3.63, 3.8) is 0 Å². The van der Waals surface area contributed by atoms with Crippen molar-refractivity contribution in [2.24, 2.45) is 0 Å². The zero-order valence-corrected chi connectivity index (χ0v) is 13.4. The number of aryl methyl sites for hydroxylation is 4. The number of aromatic nitrogens is 5. The first-order valence-corrected chi connectivity index (χ1v) is 7.20. The van der Waals surface area contributed by atoms with E-state index in [1.165, 1.54) is 4.68 Å². The highest BCUT2D eigenvalue weighted by Crippen LogP contribution is 2.21. The Hall–Kier alpha value is -2.96. The van der Waals surface area contributed by atoms with Crippen molar-refractivity contribution in [1.82, 2.24) is 24.7 Å². The minimum Gasteiger partial charge on any atom is -0.403 e. The van der Waals surface area contributed by atoms with E-state index in [4.69, 9.17) is 4.74 Å². The summed E-state index contributed by atoms with van der Waals surface area (Å²) >= 11 is 0. The summed E-state index contributed by atoms with van der Waals surface area (Å²) in [5.41, 5.74) is 3.48. The number of carbonyl (C=O) groups is 1.